The second-order valence-electron chi connectivity index (χ2n) is 7.58. The number of rotatable bonds is 7. The van der Waals surface area contributed by atoms with Crippen LogP contribution in [0.4, 0.5) is 8.78 Å². The van der Waals surface area contributed by atoms with Crippen molar-refractivity contribution in [3.63, 3.8) is 0 Å². The normalized spacial score (nSPS) is 16.0. The van der Waals surface area contributed by atoms with Crippen molar-refractivity contribution in [3.8, 4) is 0 Å². The van der Waals surface area contributed by atoms with Gasteiger partial charge in [0.15, 0.2) is 5.96 Å². The molecule has 1 aromatic heterocycles. The van der Waals surface area contributed by atoms with Gasteiger partial charge < -0.3 is 15.5 Å². The Labute approximate surface area is 187 Å². The molecule has 0 spiro atoms. The number of carbonyl (C=O) groups is 1. The third kappa shape index (κ3) is 6.00. The van der Waals surface area contributed by atoms with Crippen molar-refractivity contribution in [1.29, 1.82) is 0 Å². The summed E-state index contributed by atoms with van der Waals surface area (Å²) in [5.41, 5.74) is 1.06. The van der Waals surface area contributed by atoms with E-state index in [-0.39, 0.29) is 11.9 Å². The predicted molar refractivity (Wildman–Crippen MR) is 120 cm³/mol. The molecule has 1 aromatic carbocycles. The van der Waals surface area contributed by atoms with Gasteiger partial charge in [0.05, 0.1) is 5.56 Å². The quantitative estimate of drug-likeness (QED) is 0.390. The number of halogens is 2. The summed E-state index contributed by atoms with van der Waals surface area (Å²) in [7, 11) is 1.73. The van der Waals surface area contributed by atoms with Crippen molar-refractivity contribution in [2.24, 2.45) is 4.99 Å². The highest BCUT2D eigenvalue weighted by Gasteiger charge is 2.27. The van der Waals surface area contributed by atoms with Crippen molar-refractivity contribution in [2.45, 2.75) is 19.4 Å². The van der Waals surface area contributed by atoms with Crippen LogP contribution in [0.1, 0.15) is 35.3 Å². The molecule has 9 heteroatoms. The second kappa shape index (κ2) is 11.5. The molecule has 172 valence electrons. The molecule has 3 rings (SSSR count). The maximum atomic E-state index is 14.3. The Kier molecular flexibility index (Phi) is 8.49. The molecule has 1 saturated heterocycles. The highest BCUT2D eigenvalue weighted by atomic mass is 19.1. The van der Waals surface area contributed by atoms with Crippen LogP contribution in [0.2, 0.25) is 0 Å². The van der Waals surface area contributed by atoms with E-state index in [1.807, 2.05) is 6.92 Å². The minimum atomic E-state index is -0.558. The summed E-state index contributed by atoms with van der Waals surface area (Å²) in [5.74, 6) is -0.453. The fourth-order valence-corrected chi connectivity index (χ4v) is 3.97. The van der Waals surface area contributed by atoms with Crippen molar-refractivity contribution in [1.82, 2.24) is 25.4 Å². The second-order valence-corrected chi connectivity index (χ2v) is 7.58. The molecule has 0 bridgehead atoms. The maximum absolute atomic E-state index is 14.3. The zero-order chi connectivity index (χ0) is 22.9. The monoisotopic (exact) mass is 444 g/mol. The Bertz CT molecular complexity index is 916. The molecule has 1 amide bonds. The van der Waals surface area contributed by atoms with Gasteiger partial charge in [-0.3, -0.25) is 19.7 Å². The molecule has 1 aliphatic rings. The molecular formula is C23H30F2N6O. The lowest BCUT2D eigenvalue weighted by Crippen LogP contribution is -2.53. The van der Waals surface area contributed by atoms with Gasteiger partial charge in [-0.25, -0.2) is 8.78 Å². The summed E-state index contributed by atoms with van der Waals surface area (Å²) in [6, 6.07) is 7.17. The third-order valence-electron chi connectivity index (χ3n) is 5.59. The summed E-state index contributed by atoms with van der Waals surface area (Å²) in [6.07, 6.45) is 3.90. The number of pyridine rings is 1. The Morgan fingerprint density at radius 3 is 2.53 bits per heavy atom. The number of benzene rings is 1. The average molecular weight is 445 g/mol. The Morgan fingerprint density at radius 1 is 1.16 bits per heavy atom. The summed E-state index contributed by atoms with van der Waals surface area (Å²) in [4.78, 5) is 24.7. The Hall–Kier alpha value is -3.07. The number of nitrogens with one attached hydrogen (secondary N) is 2. The van der Waals surface area contributed by atoms with Crippen LogP contribution < -0.4 is 10.6 Å². The lowest BCUT2D eigenvalue weighted by molar-refractivity contribution is 0.0953. The molecule has 2 N–H and O–H groups in total. The van der Waals surface area contributed by atoms with Crippen LogP contribution in [0.15, 0.2) is 47.7 Å². The first-order valence-corrected chi connectivity index (χ1v) is 10.9. The molecule has 1 aliphatic heterocycles. The van der Waals surface area contributed by atoms with Gasteiger partial charge in [-0.05, 0) is 24.6 Å². The molecule has 7 nitrogen and oxygen atoms in total. The van der Waals surface area contributed by atoms with Gasteiger partial charge in [-0.2, -0.15) is 0 Å². The Balaban J connectivity index is 1.47. The lowest BCUT2D eigenvalue weighted by atomic mass is 10.0. The van der Waals surface area contributed by atoms with Crippen LogP contribution in [0.3, 0.4) is 0 Å². The fourth-order valence-electron chi connectivity index (χ4n) is 3.97. The van der Waals surface area contributed by atoms with Crippen LogP contribution in [-0.4, -0.2) is 73.0 Å². The molecular weight excluding hydrogens is 414 g/mol. The summed E-state index contributed by atoms with van der Waals surface area (Å²) in [6.45, 7) is 5.97. The zero-order valence-electron chi connectivity index (χ0n) is 18.5. The van der Waals surface area contributed by atoms with Gasteiger partial charge in [0.2, 0.25) is 0 Å². The number of piperazine rings is 1. The number of hydrogen-bond acceptors (Lipinski definition) is 4. The van der Waals surface area contributed by atoms with Crippen molar-refractivity contribution < 1.29 is 13.6 Å². The molecule has 2 heterocycles. The van der Waals surface area contributed by atoms with Crippen molar-refractivity contribution in [2.75, 3.05) is 46.3 Å². The number of hydrogen-bond donors (Lipinski definition) is 2. The minimum Gasteiger partial charge on any atom is -0.354 e. The van der Waals surface area contributed by atoms with Crippen LogP contribution in [0.25, 0.3) is 0 Å². The number of aliphatic imine (C=N–C) groups is 1. The zero-order valence-corrected chi connectivity index (χ0v) is 18.5. The van der Waals surface area contributed by atoms with Crippen molar-refractivity contribution in [3.05, 3.63) is 65.5 Å². The molecule has 0 radical (unpaired) electrons. The number of aromatic nitrogens is 1. The number of guanidine groups is 1. The first-order chi connectivity index (χ1) is 15.5. The van der Waals surface area contributed by atoms with Gasteiger partial charge in [-0.1, -0.05) is 13.0 Å². The first-order valence-electron chi connectivity index (χ1n) is 10.9. The fraction of sp³-hybridized carbons (Fsp3) is 0.435. The van der Waals surface area contributed by atoms with E-state index in [4.69, 9.17) is 0 Å². The SMILES string of the molecule is CCC(c1ccc(F)cc1F)N1CCN(C(=NC)NCCNC(=O)c2cccnc2)CC1. The van der Waals surface area contributed by atoms with Gasteiger partial charge in [-0.15, -0.1) is 0 Å². The van der Waals surface area contributed by atoms with E-state index < -0.39 is 11.6 Å². The van der Waals surface area contributed by atoms with E-state index in [1.165, 1.54) is 12.3 Å². The van der Waals surface area contributed by atoms with E-state index in [9.17, 15) is 13.6 Å². The lowest BCUT2D eigenvalue weighted by Gasteiger charge is -2.40. The molecule has 32 heavy (non-hydrogen) atoms. The molecule has 1 unspecified atom stereocenters. The molecule has 1 fully saturated rings. The number of nitrogens with zero attached hydrogens (tertiary/aromatic N) is 4. The minimum absolute atomic E-state index is 0.0876. The number of amides is 1. The highest BCUT2D eigenvalue weighted by Crippen LogP contribution is 2.28. The van der Waals surface area contributed by atoms with Gasteiger partial charge in [0.1, 0.15) is 11.6 Å². The smallest absolute Gasteiger partial charge is 0.252 e. The van der Waals surface area contributed by atoms with Gasteiger partial charge in [0, 0.05) is 76.4 Å². The maximum Gasteiger partial charge on any atom is 0.252 e. The average Bonchev–Trinajstić information content (AvgIpc) is 2.82. The van der Waals surface area contributed by atoms with E-state index in [0.717, 1.165) is 44.6 Å². The van der Waals surface area contributed by atoms with E-state index in [0.29, 0.717) is 24.2 Å². The summed E-state index contributed by atoms with van der Waals surface area (Å²) in [5, 5.41) is 6.13. The van der Waals surface area contributed by atoms with Crippen LogP contribution >= 0.6 is 0 Å². The van der Waals surface area contributed by atoms with Gasteiger partial charge >= 0.3 is 0 Å². The summed E-state index contributed by atoms with van der Waals surface area (Å²) < 4.78 is 27.6. The number of carbonyl (C=O) groups excluding carboxylic acids is 1. The van der Waals surface area contributed by atoms with E-state index in [1.54, 1.807) is 31.4 Å². The molecule has 2 aromatic rings. The van der Waals surface area contributed by atoms with Crippen molar-refractivity contribution >= 4 is 11.9 Å². The van der Waals surface area contributed by atoms with Crippen LogP contribution in [0, 0.1) is 11.6 Å². The largest absolute Gasteiger partial charge is 0.354 e. The van der Waals surface area contributed by atoms with E-state index in [2.05, 4.69) is 30.4 Å². The highest BCUT2D eigenvalue weighted by molar-refractivity contribution is 5.93. The van der Waals surface area contributed by atoms with Crippen LogP contribution in [-0.2, 0) is 0 Å². The first kappa shape index (κ1) is 23.6. The molecule has 0 saturated carbocycles. The van der Waals surface area contributed by atoms with E-state index >= 15 is 0 Å². The summed E-state index contributed by atoms with van der Waals surface area (Å²) >= 11 is 0. The standard InChI is InChI=1S/C23H30F2N6O/c1-3-21(19-7-6-18(24)15-20(19)25)30-11-13-31(14-12-30)23(26-2)29-10-9-28-22(32)17-5-4-8-27-16-17/h4-8,15-16,21H,3,9-14H2,1-2H3,(H,26,29)(H,28,32). The third-order valence-corrected chi connectivity index (χ3v) is 5.59. The predicted octanol–water partition coefficient (Wildman–Crippen LogP) is 2.43. The Morgan fingerprint density at radius 2 is 1.91 bits per heavy atom. The topological polar surface area (TPSA) is 72.9 Å². The van der Waals surface area contributed by atoms with Gasteiger partial charge in [0.25, 0.3) is 5.91 Å². The molecule has 1 atom stereocenters. The molecule has 0 aliphatic carbocycles. The van der Waals surface area contributed by atoms with Crippen LogP contribution in [0.5, 0.6) is 0 Å².